The lowest BCUT2D eigenvalue weighted by molar-refractivity contribution is 0.188. The Kier molecular flexibility index (Phi) is 5.93. The minimum absolute atomic E-state index is 0.0804. The van der Waals surface area contributed by atoms with Crippen LogP contribution in [0.25, 0.3) is 0 Å². The lowest BCUT2D eigenvalue weighted by Gasteiger charge is -2.32. The second kappa shape index (κ2) is 7.49. The fourth-order valence-corrected chi connectivity index (χ4v) is 3.65. The van der Waals surface area contributed by atoms with Crippen molar-refractivity contribution in [3.8, 4) is 0 Å². The standard InChI is InChI=1S/C16H20BrFN2S/c1-11(8-13-4-3-7-21-13)20(2)16(10-19)12-5-6-15(18)14(17)9-12/h3-7,9,11,16H,8,10,19H2,1-2H3. The van der Waals surface area contributed by atoms with Crippen LogP contribution in [0.5, 0.6) is 0 Å². The molecule has 1 heterocycles. The summed E-state index contributed by atoms with van der Waals surface area (Å²) in [5.41, 5.74) is 6.99. The third-order valence-corrected chi connectivity index (χ3v) is 5.32. The van der Waals surface area contributed by atoms with E-state index in [1.165, 1.54) is 10.9 Å². The second-order valence-electron chi connectivity index (χ2n) is 5.22. The SMILES string of the molecule is CC(Cc1cccs1)N(C)C(CN)c1ccc(F)c(Br)c1. The van der Waals surface area contributed by atoms with Gasteiger partial charge in [-0.2, -0.15) is 0 Å². The van der Waals surface area contributed by atoms with Gasteiger partial charge in [0.15, 0.2) is 0 Å². The van der Waals surface area contributed by atoms with Crippen LogP contribution in [0, 0.1) is 5.82 Å². The third kappa shape index (κ3) is 4.13. The smallest absolute Gasteiger partial charge is 0.137 e. The molecule has 0 radical (unpaired) electrons. The molecule has 1 aromatic heterocycles. The Morgan fingerprint density at radius 1 is 1.38 bits per heavy atom. The monoisotopic (exact) mass is 370 g/mol. The van der Waals surface area contributed by atoms with Crippen molar-refractivity contribution in [1.29, 1.82) is 0 Å². The summed E-state index contributed by atoms with van der Waals surface area (Å²) in [5, 5.41) is 2.10. The van der Waals surface area contributed by atoms with Crippen LogP contribution in [0.4, 0.5) is 4.39 Å². The Morgan fingerprint density at radius 2 is 2.14 bits per heavy atom. The number of halogens is 2. The first-order valence-corrected chi connectivity index (χ1v) is 8.59. The van der Waals surface area contributed by atoms with Crippen LogP contribution in [0.15, 0.2) is 40.2 Å². The van der Waals surface area contributed by atoms with Crippen LogP contribution in [-0.4, -0.2) is 24.5 Å². The van der Waals surface area contributed by atoms with Crippen LogP contribution in [0.3, 0.4) is 0 Å². The summed E-state index contributed by atoms with van der Waals surface area (Å²) < 4.78 is 13.9. The van der Waals surface area contributed by atoms with E-state index >= 15 is 0 Å². The first-order chi connectivity index (χ1) is 10.0. The molecule has 0 spiro atoms. The number of hydrogen-bond acceptors (Lipinski definition) is 3. The van der Waals surface area contributed by atoms with Crippen LogP contribution >= 0.6 is 27.3 Å². The molecule has 0 bridgehead atoms. The quantitative estimate of drug-likeness (QED) is 0.824. The molecular weight excluding hydrogens is 351 g/mol. The molecule has 0 aliphatic carbocycles. The molecule has 1 aromatic carbocycles. The van der Waals surface area contributed by atoms with Crippen molar-refractivity contribution >= 4 is 27.3 Å². The van der Waals surface area contributed by atoms with Gasteiger partial charge < -0.3 is 5.73 Å². The van der Waals surface area contributed by atoms with Crippen molar-refractivity contribution in [3.63, 3.8) is 0 Å². The molecule has 2 N–H and O–H groups in total. The van der Waals surface area contributed by atoms with E-state index in [1.807, 2.05) is 12.1 Å². The van der Waals surface area contributed by atoms with Crippen molar-refractivity contribution in [2.75, 3.05) is 13.6 Å². The van der Waals surface area contributed by atoms with E-state index in [1.54, 1.807) is 11.3 Å². The summed E-state index contributed by atoms with van der Waals surface area (Å²) in [4.78, 5) is 3.63. The van der Waals surface area contributed by atoms with Gasteiger partial charge in [0.1, 0.15) is 5.82 Å². The number of nitrogens with zero attached hydrogens (tertiary/aromatic N) is 1. The maximum atomic E-state index is 13.4. The molecule has 0 saturated heterocycles. The van der Waals surface area contributed by atoms with Crippen LogP contribution in [0.2, 0.25) is 0 Å². The molecule has 2 aromatic rings. The zero-order valence-corrected chi connectivity index (χ0v) is 14.6. The van der Waals surface area contributed by atoms with Crippen LogP contribution in [-0.2, 0) is 6.42 Å². The number of benzene rings is 1. The number of rotatable bonds is 6. The van der Waals surface area contributed by atoms with Crippen LogP contribution in [0.1, 0.15) is 23.4 Å². The molecule has 5 heteroatoms. The molecule has 0 amide bonds. The largest absolute Gasteiger partial charge is 0.329 e. The highest BCUT2D eigenvalue weighted by molar-refractivity contribution is 9.10. The topological polar surface area (TPSA) is 29.3 Å². The second-order valence-corrected chi connectivity index (χ2v) is 7.11. The minimum atomic E-state index is -0.246. The molecule has 0 saturated carbocycles. The minimum Gasteiger partial charge on any atom is -0.329 e. The highest BCUT2D eigenvalue weighted by Gasteiger charge is 2.21. The summed E-state index contributed by atoms with van der Waals surface area (Å²) in [6.45, 7) is 2.70. The van der Waals surface area contributed by atoms with Gasteiger partial charge in [0, 0.05) is 23.5 Å². The summed E-state index contributed by atoms with van der Waals surface area (Å²) in [5.74, 6) is -0.246. The fraction of sp³-hybridized carbons (Fsp3) is 0.375. The predicted molar refractivity (Wildman–Crippen MR) is 91.1 cm³/mol. The van der Waals surface area contributed by atoms with Gasteiger partial charge in [0.25, 0.3) is 0 Å². The first-order valence-electron chi connectivity index (χ1n) is 6.92. The van der Waals surface area contributed by atoms with E-state index in [2.05, 4.69) is 52.3 Å². The van der Waals surface area contributed by atoms with Gasteiger partial charge in [-0.3, -0.25) is 4.90 Å². The van der Waals surface area contributed by atoms with Gasteiger partial charge in [-0.1, -0.05) is 12.1 Å². The summed E-state index contributed by atoms with van der Waals surface area (Å²) in [6.07, 6.45) is 0.993. The molecule has 2 atom stereocenters. The van der Waals surface area contributed by atoms with Gasteiger partial charge >= 0.3 is 0 Å². The molecule has 2 nitrogen and oxygen atoms in total. The Labute approximate surface area is 137 Å². The van der Waals surface area contributed by atoms with Crippen molar-refractivity contribution in [2.45, 2.75) is 25.4 Å². The molecule has 0 fully saturated rings. The lowest BCUT2D eigenvalue weighted by atomic mass is 10.0. The molecule has 2 unspecified atom stereocenters. The predicted octanol–water partition coefficient (Wildman–Crippen LogP) is 4.21. The number of nitrogens with two attached hydrogens (primary N) is 1. The maximum Gasteiger partial charge on any atom is 0.137 e. The van der Waals surface area contributed by atoms with Crippen molar-refractivity contribution in [3.05, 3.63) is 56.4 Å². The van der Waals surface area contributed by atoms with E-state index in [0.717, 1.165) is 12.0 Å². The van der Waals surface area contributed by atoms with Gasteiger partial charge in [0.05, 0.1) is 4.47 Å². The molecule has 114 valence electrons. The number of hydrogen-bond donors (Lipinski definition) is 1. The summed E-state index contributed by atoms with van der Waals surface area (Å²) in [7, 11) is 2.08. The molecule has 2 rings (SSSR count). The molecule has 21 heavy (non-hydrogen) atoms. The fourth-order valence-electron chi connectivity index (χ4n) is 2.43. The lowest BCUT2D eigenvalue weighted by Crippen LogP contribution is -2.38. The molecule has 0 aliphatic rings. The van der Waals surface area contributed by atoms with Gasteiger partial charge in [-0.15, -0.1) is 11.3 Å². The zero-order chi connectivity index (χ0) is 15.4. The molecule has 0 aliphatic heterocycles. The van der Waals surface area contributed by atoms with E-state index < -0.39 is 0 Å². The average molecular weight is 371 g/mol. The van der Waals surface area contributed by atoms with Gasteiger partial charge in [-0.05, 0) is 65.5 Å². The zero-order valence-electron chi connectivity index (χ0n) is 12.2. The summed E-state index contributed by atoms with van der Waals surface area (Å²) >= 11 is 5.02. The highest BCUT2D eigenvalue weighted by Crippen LogP contribution is 2.26. The Morgan fingerprint density at radius 3 is 2.71 bits per heavy atom. The number of likely N-dealkylation sites (N-methyl/N-ethyl adjacent to an activating group) is 1. The van der Waals surface area contributed by atoms with E-state index in [0.29, 0.717) is 17.1 Å². The first kappa shape index (κ1) is 16.6. The van der Waals surface area contributed by atoms with Crippen molar-refractivity contribution in [2.24, 2.45) is 5.73 Å². The third-order valence-electron chi connectivity index (χ3n) is 3.82. The maximum absolute atomic E-state index is 13.4. The Bertz CT molecular complexity index is 574. The normalized spacial score (nSPS) is 14.4. The Hall–Kier alpha value is -0.750. The molecular formula is C16H20BrFN2S. The van der Waals surface area contributed by atoms with Gasteiger partial charge in [-0.25, -0.2) is 4.39 Å². The summed E-state index contributed by atoms with van der Waals surface area (Å²) in [6, 6.07) is 9.79. The Balaban J connectivity index is 2.13. The van der Waals surface area contributed by atoms with Crippen LogP contribution < -0.4 is 5.73 Å². The van der Waals surface area contributed by atoms with Gasteiger partial charge in [0.2, 0.25) is 0 Å². The van der Waals surface area contributed by atoms with E-state index in [-0.39, 0.29) is 11.9 Å². The number of thiophene rings is 1. The van der Waals surface area contributed by atoms with Crippen molar-refractivity contribution < 1.29 is 4.39 Å². The van der Waals surface area contributed by atoms with Crippen molar-refractivity contribution in [1.82, 2.24) is 4.90 Å². The van der Waals surface area contributed by atoms with E-state index in [4.69, 9.17) is 5.73 Å². The average Bonchev–Trinajstić information content (AvgIpc) is 2.96. The van der Waals surface area contributed by atoms with E-state index in [9.17, 15) is 4.39 Å². The highest BCUT2D eigenvalue weighted by atomic mass is 79.9.